The molecule has 0 aliphatic carbocycles. The lowest BCUT2D eigenvalue weighted by Gasteiger charge is -2.36. The Morgan fingerprint density at radius 3 is 2.79 bits per heavy atom. The largest absolute Gasteiger partial charge is 0.342 e. The van der Waals surface area contributed by atoms with Crippen molar-refractivity contribution in [3.63, 3.8) is 0 Å². The summed E-state index contributed by atoms with van der Waals surface area (Å²) in [5, 5.41) is 10.6. The highest BCUT2D eigenvalue weighted by atomic mass is 32.2. The number of amides is 4. The molecule has 2 heterocycles. The number of carbonyl (C=O) groups excluding carboxylic acids is 3. The lowest BCUT2D eigenvalue weighted by Crippen LogP contribution is -2.67. The van der Waals surface area contributed by atoms with Gasteiger partial charge in [-0.25, -0.2) is 14.2 Å². The summed E-state index contributed by atoms with van der Waals surface area (Å²) in [6.45, 7) is 1.54. The summed E-state index contributed by atoms with van der Waals surface area (Å²) in [6.07, 6.45) is -0.415. The van der Waals surface area contributed by atoms with Crippen molar-refractivity contribution in [3.05, 3.63) is 10.9 Å². The molecule has 11 nitrogen and oxygen atoms in total. The lowest BCUT2D eigenvalue weighted by molar-refractivity contribution is -0.142. The summed E-state index contributed by atoms with van der Waals surface area (Å²) in [5.74, 6) is -1.36. The van der Waals surface area contributed by atoms with Crippen molar-refractivity contribution in [2.45, 2.75) is 19.4 Å². The van der Waals surface area contributed by atoms with Crippen LogP contribution in [0.1, 0.15) is 11.3 Å². The fraction of sp³-hybridized carbons (Fsp3) is 0.364. The molecular weight excluding hydrogens is 360 g/mol. The summed E-state index contributed by atoms with van der Waals surface area (Å²) in [5.41, 5.74) is 0. The van der Waals surface area contributed by atoms with E-state index in [4.69, 9.17) is 5.26 Å². The first-order valence-corrected chi connectivity index (χ1v) is 8.73. The first kappa shape index (κ1) is 17.6. The molecule has 1 fully saturated rings. The molecule has 3 N–H and O–H groups in total. The van der Waals surface area contributed by atoms with Crippen LogP contribution in [0.4, 0.5) is 10.6 Å². The van der Waals surface area contributed by atoms with Crippen LogP contribution in [0.2, 0.25) is 0 Å². The average molecular weight is 372 g/mol. The van der Waals surface area contributed by atoms with Crippen LogP contribution in [-0.4, -0.2) is 48.1 Å². The van der Waals surface area contributed by atoms with Gasteiger partial charge in [-0.2, -0.15) is 18.1 Å². The SMILES string of the molecule is Cc1cc(NS(=O)(=O)NC(=O)N2CC(NC(=O)CC#N)C2=O)ns1. The Bertz CT molecular complexity index is 826. The molecule has 0 aromatic carbocycles. The average Bonchev–Trinajstić information content (AvgIpc) is 2.86. The number of aromatic nitrogens is 1. The topological polar surface area (TPSA) is 161 Å². The third-order valence-electron chi connectivity index (χ3n) is 2.84. The van der Waals surface area contributed by atoms with Crippen molar-refractivity contribution >= 4 is 45.4 Å². The Balaban J connectivity index is 1.88. The third-order valence-corrected chi connectivity index (χ3v) is 4.45. The fourth-order valence-corrected chi connectivity index (χ4v) is 3.12. The smallest absolute Gasteiger partial charge is 0.339 e. The van der Waals surface area contributed by atoms with E-state index in [0.717, 1.165) is 16.4 Å². The molecule has 0 saturated carbocycles. The summed E-state index contributed by atoms with van der Waals surface area (Å²) in [6, 6.07) is 0.995. The van der Waals surface area contributed by atoms with Crippen LogP contribution in [0.3, 0.4) is 0 Å². The Morgan fingerprint density at radius 1 is 1.54 bits per heavy atom. The summed E-state index contributed by atoms with van der Waals surface area (Å²) < 4.78 is 31.1. The highest BCUT2D eigenvalue weighted by Crippen LogP contribution is 2.14. The number of nitrogens with zero attached hydrogens (tertiary/aromatic N) is 3. The van der Waals surface area contributed by atoms with Crippen LogP contribution >= 0.6 is 11.5 Å². The number of nitrogens with one attached hydrogen (secondary N) is 3. The molecular formula is C11H12N6O5S2. The van der Waals surface area contributed by atoms with Gasteiger partial charge in [-0.05, 0) is 24.5 Å². The predicted octanol–water partition coefficient (Wildman–Crippen LogP) is -0.941. The van der Waals surface area contributed by atoms with Gasteiger partial charge in [0.2, 0.25) is 5.91 Å². The minimum Gasteiger partial charge on any atom is -0.342 e. The maximum Gasteiger partial charge on any atom is 0.339 e. The second-order valence-corrected chi connectivity index (χ2v) is 7.16. The fourth-order valence-electron chi connectivity index (χ4n) is 1.78. The van der Waals surface area contributed by atoms with Crippen molar-refractivity contribution in [1.82, 2.24) is 19.3 Å². The number of rotatable bonds is 5. The van der Waals surface area contributed by atoms with Crippen LogP contribution in [0.25, 0.3) is 0 Å². The maximum atomic E-state index is 11.8. The van der Waals surface area contributed by atoms with E-state index in [1.165, 1.54) is 6.07 Å². The van der Waals surface area contributed by atoms with Crippen molar-refractivity contribution in [2.24, 2.45) is 0 Å². The Kier molecular flexibility index (Phi) is 5.00. The van der Waals surface area contributed by atoms with E-state index in [-0.39, 0.29) is 12.4 Å². The van der Waals surface area contributed by atoms with E-state index in [2.05, 4.69) is 9.69 Å². The molecule has 1 saturated heterocycles. The van der Waals surface area contributed by atoms with Crippen LogP contribution in [0, 0.1) is 18.3 Å². The number of carbonyl (C=O) groups is 3. The summed E-state index contributed by atoms with van der Waals surface area (Å²) in [4.78, 5) is 36.1. The number of β-lactam (4-membered cyclic amide) rings is 1. The van der Waals surface area contributed by atoms with Gasteiger partial charge < -0.3 is 5.32 Å². The van der Waals surface area contributed by atoms with Crippen molar-refractivity contribution in [1.29, 1.82) is 5.26 Å². The van der Waals surface area contributed by atoms with E-state index < -0.39 is 40.5 Å². The number of likely N-dealkylation sites (tertiary alicyclic amines) is 1. The van der Waals surface area contributed by atoms with Gasteiger partial charge in [0.15, 0.2) is 5.82 Å². The zero-order valence-corrected chi connectivity index (χ0v) is 13.9. The molecule has 128 valence electrons. The third kappa shape index (κ3) is 4.18. The van der Waals surface area contributed by atoms with Crippen LogP contribution in [-0.2, 0) is 19.8 Å². The molecule has 1 aliphatic heterocycles. The highest BCUT2D eigenvalue weighted by Gasteiger charge is 2.42. The Labute approximate surface area is 141 Å². The minimum atomic E-state index is -4.24. The molecule has 1 aromatic heterocycles. The van der Waals surface area contributed by atoms with Crippen LogP contribution in [0.15, 0.2) is 6.07 Å². The zero-order chi connectivity index (χ0) is 17.9. The van der Waals surface area contributed by atoms with Gasteiger partial charge in [0, 0.05) is 4.88 Å². The van der Waals surface area contributed by atoms with E-state index >= 15 is 0 Å². The zero-order valence-electron chi connectivity index (χ0n) is 12.3. The molecule has 2 rings (SSSR count). The van der Waals surface area contributed by atoms with E-state index in [1.54, 1.807) is 17.7 Å². The van der Waals surface area contributed by atoms with E-state index in [0.29, 0.717) is 4.90 Å². The van der Waals surface area contributed by atoms with Gasteiger partial charge >= 0.3 is 16.2 Å². The molecule has 1 unspecified atom stereocenters. The van der Waals surface area contributed by atoms with Gasteiger partial charge in [0.1, 0.15) is 12.5 Å². The number of urea groups is 1. The Hall–Kier alpha value is -2.72. The molecule has 24 heavy (non-hydrogen) atoms. The van der Waals surface area contributed by atoms with Crippen LogP contribution in [0.5, 0.6) is 0 Å². The maximum absolute atomic E-state index is 11.8. The molecule has 1 aromatic rings. The van der Waals surface area contributed by atoms with E-state index in [9.17, 15) is 22.8 Å². The second-order valence-electron chi connectivity index (χ2n) is 4.74. The lowest BCUT2D eigenvalue weighted by atomic mass is 10.1. The highest BCUT2D eigenvalue weighted by molar-refractivity contribution is 7.91. The second kappa shape index (κ2) is 6.81. The first-order valence-electron chi connectivity index (χ1n) is 6.47. The molecule has 0 spiro atoms. The summed E-state index contributed by atoms with van der Waals surface area (Å²) >= 11 is 1.08. The quantitative estimate of drug-likeness (QED) is 0.562. The van der Waals surface area contributed by atoms with Crippen molar-refractivity contribution < 1.29 is 22.8 Å². The number of nitriles is 1. The first-order chi connectivity index (χ1) is 11.2. The van der Waals surface area contributed by atoms with E-state index in [1.807, 2.05) is 4.72 Å². The van der Waals surface area contributed by atoms with Crippen molar-refractivity contribution in [3.8, 4) is 6.07 Å². The predicted molar refractivity (Wildman–Crippen MR) is 81.8 cm³/mol. The molecule has 4 amide bonds. The molecule has 1 aliphatic rings. The van der Waals surface area contributed by atoms with Gasteiger partial charge in [-0.3, -0.25) is 14.5 Å². The van der Waals surface area contributed by atoms with Crippen molar-refractivity contribution in [2.75, 3.05) is 11.3 Å². The molecule has 0 radical (unpaired) electrons. The van der Waals surface area contributed by atoms with Gasteiger partial charge in [0.25, 0.3) is 5.91 Å². The number of imide groups is 1. The molecule has 1 atom stereocenters. The number of hydrogen-bond acceptors (Lipinski definition) is 8. The number of hydrogen-bond donors (Lipinski definition) is 3. The number of anilines is 1. The van der Waals surface area contributed by atoms with Gasteiger partial charge in [-0.15, -0.1) is 0 Å². The monoisotopic (exact) mass is 372 g/mol. The van der Waals surface area contributed by atoms with Crippen LogP contribution < -0.4 is 14.8 Å². The summed E-state index contributed by atoms with van der Waals surface area (Å²) in [7, 11) is -4.24. The molecule has 0 bridgehead atoms. The standard InChI is InChI=1S/C11H12N6O5S2/c1-6-4-8(14-23-6)15-24(21,22)16-11(20)17-5-7(10(17)19)13-9(18)2-3-12/h4,7H,2,5H2,1H3,(H,13,18)(H,14,15)(H,16,20). The van der Waals surface area contributed by atoms with Gasteiger partial charge in [-0.1, -0.05) is 0 Å². The Morgan fingerprint density at radius 2 is 2.25 bits per heavy atom. The minimum absolute atomic E-state index is 0.0504. The van der Waals surface area contributed by atoms with Gasteiger partial charge in [0.05, 0.1) is 12.6 Å². The number of aryl methyl sites for hydroxylation is 1. The normalized spacial score (nSPS) is 16.8. The molecule has 13 heteroatoms.